The van der Waals surface area contributed by atoms with Crippen LogP contribution in [0.15, 0.2) is 24.3 Å². The van der Waals surface area contributed by atoms with Crippen LogP contribution >= 0.6 is 11.6 Å². The van der Waals surface area contributed by atoms with Crippen molar-refractivity contribution in [2.75, 3.05) is 44.7 Å². The minimum absolute atomic E-state index is 0.0729. The van der Waals surface area contributed by atoms with Gasteiger partial charge in [-0.15, -0.1) is 0 Å². The van der Waals surface area contributed by atoms with Crippen molar-refractivity contribution in [1.29, 1.82) is 0 Å². The van der Waals surface area contributed by atoms with E-state index in [0.29, 0.717) is 37.4 Å². The molecule has 41 heavy (non-hydrogen) atoms. The van der Waals surface area contributed by atoms with Gasteiger partial charge in [-0.25, -0.2) is 14.2 Å². The quantitative estimate of drug-likeness (QED) is 0.437. The fourth-order valence-electron chi connectivity index (χ4n) is 5.33. The first-order valence-corrected chi connectivity index (χ1v) is 14.2. The molecule has 2 fully saturated rings. The van der Waals surface area contributed by atoms with Gasteiger partial charge in [0, 0.05) is 31.7 Å². The van der Waals surface area contributed by atoms with Gasteiger partial charge in [0.25, 0.3) is 0 Å². The van der Waals surface area contributed by atoms with Crippen LogP contribution in [0.1, 0.15) is 40.5 Å². The Labute approximate surface area is 244 Å². The van der Waals surface area contributed by atoms with E-state index in [1.165, 1.54) is 18.2 Å². The normalized spacial score (nSPS) is 20.1. The van der Waals surface area contributed by atoms with E-state index < -0.39 is 11.4 Å². The van der Waals surface area contributed by atoms with Crippen molar-refractivity contribution >= 4 is 34.5 Å². The molecule has 1 amide bonds. The molecule has 2 aromatic heterocycles. The molecule has 220 valence electrons. The monoisotopic (exact) mass is 586 g/mol. The van der Waals surface area contributed by atoms with Crippen molar-refractivity contribution in [2.24, 2.45) is 0 Å². The molecule has 0 aliphatic carbocycles. The minimum Gasteiger partial charge on any atom is -0.507 e. The Kier molecular flexibility index (Phi) is 8.11. The predicted octanol–water partition coefficient (Wildman–Crippen LogP) is 5.11. The van der Waals surface area contributed by atoms with Crippen LogP contribution in [0.4, 0.5) is 15.0 Å². The van der Waals surface area contributed by atoms with E-state index in [-0.39, 0.29) is 51.9 Å². The predicted molar refractivity (Wildman–Crippen MR) is 155 cm³/mol. The number of aromatic nitrogens is 3. The Morgan fingerprint density at radius 1 is 1.20 bits per heavy atom. The fraction of sp³-hybridized carbons (Fsp3) is 0.517. The number of likely N-dealkylation sites (N-methyl/N-ethyl adjacent to an activating group) is 1. The van der Waals surface area contributed by atoms with Gasteiger partial charge < -0.3 is 29.3 Å². The third-order valence-electron chi connectivity index (χ3n) is 7.46. The molecule has 12 heteroatoms. The first kappa shape index (κ1) is 29.1. The molecule has 10 nitrogen and oxygen atoms in total. The van der Waals surface area contributed by atoms with E-state index in [4.69, 9.17) is 26.1 Å². The number of carbonyl (C=O) groups is 1. The highest BCUT2D eigenvalue weighted by Crippen LogP contribution is 2.38. The number of nitrogens with zero attached hydrogens (tertiary/aromatic N) is 6. The molecule has 3 aromatic rings. The average molecular weight is 587 g/mol. The van der Waals surface area contributed by atoms with Gasteiger partial charge in [0.15, 0.2) is 5.65 Å². The van der Waals surface area contributed by atoms with Crippen molar-refractivity contribution < 1.29 is 23.8 Å². The summed E-state index contributed by atoms with van der Waals surface area (Å²) in [6.07, 6.45) is 1.76. The van der Waals surface area contributed by atoms with E-state index in [1.54, 1.807) is 11.0 Å². The standard InChI is InChI=1S/C29H36ClFN6O4/c1-17-15-36(28(39)41-29(2,3)4)12-13-37(17)26-19-14-20(30)24(23-21(31)9-6-10-22(23)38)32-25(19)33-27(34-26)40-16-18-8-7-11-35(18)5/h6,9-10,14,17-18,38H,7-8,11-13,15-16H2,1-5H3/t17-,18-/m0/s1. The molecule has 0 bridgehead atoms. The fourth-order valence-corrected chi connectivity index (χ4v) is 5.57. The molecule has 1 aromatic carbocycles. The number of pyridine rings is 1. The number of fused-ring (bicyclic) bond motifs is 1. The maximum atomic E-state index is 14.8. The SMILES string of the molecule is C[C@H]1CN(C(=O)OC(C)(C)C)CCN1c1nc(OC[C@@H]2CCCN2C)nc2nc(-c3c(O)cccc3F)c(Cl)cc12. The summed E-state index contributed by atoms with van der Waals surface area (Å²) in [4.78, 5) is 32.7. The smallest absolute Gasteiger partial charge is 0.410 e. The largest absolute Gasteiger partial charge is 0.507 e. The third-order valence-corrected chi connectivity index (χ3v) is 7.74. The summed E-state index contributed by atoms with van der Waals surface area (Å²) >= 11 is 6.64. The van der Waals surface area contributed by atoms with E-state index in [9.17, 15) is 14.3 Å². The number of halogens is 2. The highest BCUT2D eigenvalue weighted by molar-refractivity contribution is 6.34. The van der Waals surface area contributed by atoms with Gasteiger partial charge in [-0.05, 0) is 72.3 Å². The Bertz CT molecular complexity index is 1430. The highest BCUT2D eigenvalue weighted by Gasteiger charge is 2.32. The number of amides is 1. The number of anilines is 1. The van der Waals surface area contributed by atoms with Crippen LogP contribution in [0.3, 0.4) is 0 Å². The number of aromatic hydroxyl groups is 1. The van der Waals surface area contributed by atoms with Crippen molar-refractivity contribution in [1.82, 2.24) is 24.8 Å². The second-order valence-corrected chi connectivity index (χ2v) is 12.1. The first-order valence-electron chi connectivity index (χ1n) is 13.8. The van der Waals surface area contributed by atoms with Gasteiger partial charge in [-0.1, -0.05) is 17.7 Å². The minimum atomic E-state index is -0.652. The zero-order chi connectivity index (χ0) is 29.5. The van der Waals surface area contributed by atoms with Crippen molar-refractivity contribution in [3.05, 3.63) is 35.1 Å². The number of benzene rings is 1. The summed E-state index contributed by atoms with van der Waals surface area (Å²) in [5.41, 5.74) is -0.363. The Balaban J connectivity index is 1.53. The van der Waals surface area contributed by atoms with Crippen LogP contribution in [-0.4, -0.2) is 93.5 Å². The van der Waals surface area contributed by atoms with Crippen LogP contribution in [0.2, 0.25) is 5.02 Å². The van der Waals surface area contributed by atoms with Crippen molar-refractivity contribution in [3.8, 4) is 23.0 Å². The van der Waals surface area contributed by atoms with Gasteiger partial charge in [0.05, 0.1) is 21.7 Å². The second kappa shape index (κ2) is 11.4. The Morgan fingerprint density at radius 3 is 2.63 bits per heavy atom. The molecule has 4 heterocycles. The summed E-state index contributed by atoms with van der Waals surface area (Å²) in [7, 11) is 2.07. The number of hydrogen-bond acceptors (Lipinski definition) is 9. The first-order chi connectivity index (χ1) is 19.4. The molecule has 2 saturated heterocycles. The maximum Gasteiger partial charge on any atom is 0.410 e. The molecule has 2 atom stereocenters. The molecule has 2 aliphatic rings. The average Bonchev–Trinajstić information content (AvgIpc) is 3.31. The number of ether oxygens (including phenoxy) is 2. The van der Waals surface area contributed by atoms with Crippen molar-refractivity contribution in [2.45, 2.75) is 58.2 Å². The molecular weight excluding hydrogens is 551 g/mol. The van der Waals surface area contributed by atoms with Crippen LogP contribution in [0.25, 0.3) is 22.3 Å². The van der Waals surface area contributed by atoms with Crippen molar-refractivity contribution in [3.63, 3.8) is 0 Å². The molecule has 1 N–H and O–H groups in total. The molecule has 2 aliphatic heterocycles. The summed E-state index contributed by atoms with van der Waals surface area (Å²) < 4.78 is 26.5. The maximum absolute atomic E-state index is 14.8. The van der Waals surface area contributed by atoms with Gasteiger partial charge in [-0.2, -0.15) is 9.97 Å². The summed E-state index contributed by atoms with van der Waals surface area (Å²) in [5, 5.41) is 11.1. The summed E-state index contributed by atoms with van der Waals surface area (Å²) in [6.45, 7) is 10.3. The highest BCUT2D eigenvalue weighted by atomic mass is 35.5. The summed E-state index contributed by atoms with van der Waals surface area (Å²) in [5.74, 6) is -0.374. The zero-order valence-corrected chi connectivity index (χ0v) is 24.8. The third kappa shape index (κ3) is 6.25. The zero-order valence-electron chi connectivity index (χ0n) is 24.0. The van der Waals surface area contributed by atoms with Gasteiger partial charge in [0.1, 0.15) is 29.6 Å². The lowest BCUT2D eigenvalue weighted by atomic mass is 10.1. The lowest BCUT2D eigenvalue weighted by Gasteiger charge is -2.41. The lowest BCUT2D eigenvalue weighted by Crippen LogP contribution is -2.55. The Hall–Kier alpha value is -3.44. The molecule has 5 rings (SSSR count). The lowest BCUT2D eigenvalue weighted by molar-refractivity contribution is 0.0218. The topological polar surface area (TPSA) is 104 Å². The van der Waals surface area contributed by atoms with E-state index in [2.05, 4.69) is 26.8 Å². The van der Waals surface area contributed by atoms with Gasteiger partial charge in [-0.3, -0.25) is 0 Å². The molecule has 0 spiro atoms. The van der Waals surface area contributed by atoms with Crippen LogP contribution in [0.5, 0.6) is 11.8 Å². The van der Waals surface area contributed by atoms with Crippen LogP contribution in [-0.2, 0) is 4.74 Å². The Morgan fingerprint density at radius 2 is 1.98 bits per heavy atom. The number of rotatable bonds is 5. The van der Waals surface area contributed by atoms with Crippen LogP contribution in [0, 0.1) is 5.82 Å². The van der Waals surface area contributed by atoms with E-state index >= 15 is 0 Å². The molecule has 0 unspecified atom stereocenters. The summed E-state index contributed by atoms with van der Waals surface area (Å²) in [6, 6.07) is 5.94. The number of phenols is 1. The molecule has 0 saturated carbocycles. The molecule has 0 radical (unpaired) electrons. The van der Waals surface area contributed by atoms with E-state index in [1.807, 2.05) is 27.7 Å². The van der Waals surface area contributed by atoms with Gasteiger partial charge >= 0.3 is 12.1 Å². The molecular formula is C29H36ClFN6O4. The second-order valence-electron chi connectivity index (χ2n) is 11.7. The van der Waals surface area contributed by atoms with Crippen LogP contribution < -0.4 is 9.64 Å². The number of carbonyl (C=O) groups excluding carboxylic acids is 1. The van der Waals surface area contributed by atoms with Gasteiger partial charge in [0.2, 0.25) is 0 Å². The number of likely N-dealkylation sites (tertiary alicyclic amines) is 1. The van der Waals surface area contributed by atoms with E-state index in [0.717, 1.165) is 19.4 Å². The number of piperazine rings is 1. The number of hydrogen-bond donors (Lipinski definition) is 1. The number of phenolic OH excluding ortho intramolecular Hbond substituents is 1.